The lowest BCUT2D eigenvalue weighted by atomic mass is 10.1. The molecular formula is C20H14ClN3O4. The van der Waals surface area contributed by atoms with Crippen molar-refractivity contribution in [2.45, 2.75) is 6.92 Å². The van der Waals surface area contributed by atoms with Crippen molar-refractivity contribution in [3.63, 3.8) is 0 Å². The topological polar surface area (TPSA) is 78.0 Å². The fourth-order valence-corrected chi connectivity index (χ4v) is 3.34. The lowest BCUT2D eigenvalue weighted by Gasteiger charge is -2.05. The van der Waals surface area contributed by atoms with Crippen LogP contribution in [0.3, 0.4) is 0 Å². The molecule has 1 aliphatic heterocycles. The van der Waals surface area contributed by atoms with E-state index in [4.69, 9.17) is 25.5 Å². The van der Waals surface area contributed by atoms with Gasteiger partial charge >= 0.3 is 0 Å². The highest BCUT2D eigenvalue weighted by atomic mass is 35.5. The molecule has 0 aliphatic carbocycles. The number of nitrogens with zero attached hydrogens (tertiary/aromatic N) is 2. The molecule has 1 amide bonds. The third-order valence-corrected chi connectivity index (χ3v) is 4.79. The molecule has 0 unspecified atom stereocenters. The van der Waals surface area contributed by atoms with Gasteiger partial charge < -0.3 is 19.2 Å². The maximum absolute atomic E-state index is 12.7. The maximum Gasteiger partial charge on any atom is 0.292 e. The molecule has 4 heterocycles. The lowest BCUT2D eigenvalue weighted by Crippen LogP contribution is -2.13. The smallest absolute Gasteiger partial charge is 0.292 e. The SMILES string of the molecule is Cc1nc2c(Cl)cccn2c1NC(=O)c1ccc(-c2ccc3c(c2)OCO3)o1. The monoisotopic (exact) mass is 395 g/mol. The van der Waals surface area contributed by atoms with Gasteiger partial charge in [0.05, 0.1) is 10.7 Å². The van der Waals surface area contributed by atoms with Gasteiger partial charge in [0.1, 0.15) is 11.6 Å². The zero-order chi connectivity index (χ0) is 19.3. The van der Waals surface area contributed by atoms with Crippen molar-refractivity contribution in [1.29, 1.82) is 0 Å². The van der Waals surface area contributed by atoms with Crippen LogP contribution in [-0.4, -0.2) is 22.1 Å². The number of aromatic nitrogens is 2. The van der Waals surface area contributed by atoms with Crippen LogP contribution in [-0.2, 0) is 0 Å². The molecule has 1 aliphatic rings. The summed E-state index contributed by atoms with van der Waals surface area (Å²) in [6.07, 6.45) is 1.79. The van der Waals surface area contributed by atoms with Gasteiger partial charge in [-0.05, 0) is 49.4 Å². The van der Waals surface area contributed by atoms with Crippen LogP contribution in [0.25, 0.3) is 17.0 Å². The van der Waals surface area contributed by atoms with Gasteiger partial charge in [-0.1, -0.05) is 11.6 Å². The number of halogens is 1. The van der Waals surface area contributed by atoms with Crippen molar-refractivity contribution in [2.24, 2.45) is 0 Å². The van der Waals surface area contributed by atoms with E-state index in [2.05, 4.69) is 10.3 Å². The number of pyridine rings is 1. The number of hydrogen-bond acceptors (Lipinski definition) is 5. The van der Waals surface area contributed by atoms with E-state index in [9.17, 15) is 4.79 Å². The van der Waals surface area contributed by atoms with E-state index >= 15 is 0 Å². The molecule has 5 rings (SSSR count). The normalized spacial score (nSPS) is 12.5. The third-order valence-electron chi connectivity index (χ3n) is 4.50. The largest absolute Gasteiger partial charge is 0.454 e. The Balaban J connectivity index is 1.43. The van der Waals surface area contributed by atoms with Crippen LogP contribution in [0.1, 0.15) is 16.2 Å². The summed E-state index contributed by atoms with van der Waals surface area (Å²) in [6.45, 7) is 2.01. The average molecular weight is 396 g/mol. The number of ether oxygens (including phenoxy) is 2. The lowest BCUT2D eigenvalue weighted by molar-refractivity contribution is 0.0997. The second-order valence-electron chi connectivity index (χ2n) is 6.28. The van der Waals surface area contributed by atoms with Crippen molar-refractivity contribution in [3.05, 3.63) is 65.1 Å². The summed E-state index contributed by atoms with van der Waals surface area (Å²) in [5, 5.41) is 3.36. The predicted molar refractivity (Wildman–Crippen MR) is 103 cm³/mol. The zero-order valence-electron chi connectivity index (χ0n) is 14.7. The molecule has 0 saturated carbocycles. The summed E-state index contributed by atoms with van der Waals surface area (Å²) < 4.78 is 18.2. The molecule has 0 bridgehead atoms. The number of imidazole rings is 1. The molecule has 1 aromatic carbocycles. The van der Waals surface area contributed by atoms with E-state index in [-0.39, 0.29) is 18.5 Å². The minimum Gasteiger partial charge on any atom is -0.454 e. The van der Waals surface area contributed by atoms with E-state index in [0.717, 1.165) is 5.56 Å². The molecule has 8 heteroatoms. The molecule has 0 atom stereocenters. The maximum atomic E-state index is 12.7. The second-order valence-corrected chi connectivity index (χ2v) is 6.69. The zero-order valence-corrected chi connectivity index (χ0v) is 15.5. The van der Waals surface area contributed by atoms with Crippen molar-refractivity contribution in [3.8, 4) is 22.8 Å². The number of aryl methyl sites for hydroxylation is 1. The number of nitrogens with one attached hydrogen (secondary N) is 1. The number of furan rings is 1. The Morgan fingerprint density at radius 1 is 1.18 bits per heavy atom. The molecule has 28 heavy (non-hydrogen) atoms. The highest BCUT2D eigenvalue weighted by Gasteiger charge is 2.19. The molecule has 3 aromatic heterocycles. The number of carbonyl (C=O) groups is 1. The number of carbonyl (C=O) groups excluding carboxylic acids is 1. The number of fused-ring (bicyclic) bond motifs is 2. The van der Waals surface area contributed by atoms with Gasteiger partial charge in [0.25, 0.3) is 5.91 Å². The Morgan fingerprint density at radius 2 is 2.04 bits per heavy atom. The quantitative estimate of drug-likeness (QED) is 0.551. The molecule has 0 fully saturated rings. The van der Waals surface area contributed by atoms with Crippen molar-refractivity contribution in [1.82, 2.24) is 9.38 Å². The summed E-state index contributed by atoms with van der Waals surface area (Å²) in [5.41, 5.74) is 2.03. The Bertz CT molecular complexity index is 1230. The number of benzene rings is 1. The minimum atomic E-state index is -0.378. The van der Waals surface area contributed by atoms with Gasteiger partial charge in [0.15, 0.2) is 22.9 Å². The molecule has 4 aromatic rings. The molecule has 0 radical (unpaired) electrons. The fraction of sp³-hybridized carbons (Fsp3) is 0.100. The van der Waals surface area contributed by atoms with Crippen molar-refractivity contribution >= 4 is 29.0 Å². The van der Waals surface area contributed by atoms with Crippen LogP contribution in [0.5, 0.6) is 11.5 Å². The molecule has 7 nitrogen and oxygen atoms in total. The van der Waals surface area contributed by atoms with Crippen LogP contribution in [0.15, 0.2) is 53.1 Å². The first kappa shape index (κ1) is 16.7. The van der Waals surface area contributed by atoms with Crippen LogP contribution in [0, 0.1) is 6.92 Å². The van der Waals surface area contributed by atoms with Gasteiger partial charge in [0.2, 0.25) is 6.79 Å². The Kier molecular flexibility index (Phi) is 3.77. The minimum absolute atomic E-state index is 0.184. The highest BCUT2D eigenvalue weighted by Crippen LogP contribution is 2.36. The van der Waals surface area contributed by atoms with Crippen LogP contribution in [0.4, 0.5) is 5.82 Å². The number of hydrogen-bond donors (Lipinski definition) is 1. The fourth-order valence-electron chi connectivity index (χ4n) is 3.13. The Hall–Kier alpha value is -3.45. The van der Waals surface area contributed by atoms with Crippen molar-refractivity contribution < 1.29 is 18.7 Å². The van der Waals surface area contributed by atoms with Crippen molar-refractivity contribution in [2.75, 3.05) is 12.1 Å². The summed E-state index contributed by atoms with van der Waals surface area (Å²) in [6, 6.07) is 12.4. The van der Waals surface area contributed by atoms with E-state index in [0.29, 0.717) is 39.4 Å². The van der Waals surface area contributed by atoms with Gasteiger partial charge in [-0.2, -0.15) is 0 Å². The van der Waals surface area contributed by atoms with Crippen LogP contribution >= 0.6 is 11.6 Å². The molecule has 0 spiro atoms. The third kappa shape index (κ3) is 2.68. The first-order chi connectivity index (χ1) is 13.6. The van der Waals surface area contributed by atoms with Gasteiger partial charge in [-0.3, -0.25) is 9.20 Å². The summed E-state index contributed by atoms with van der Waals surface area (Å²) >= 11 is 6.17. The Labute approximate surface area is 164 Å². The second kappa shape index (κ2) is 6.31. The molecule has 140 valence electrons. The molecular weight excluding hydrogens is 382 g/mol. The number of amides is 1. The highest BCUT2D eigenvalue weighted by molar-refractivity contribution is 6.33. The first-order valence-electron chi connectivity index (χ1n) is 8.54. The van der Waals surface area contributed by atoms with Gasteiger partial charge in [-0.25, -0.2) is 4.98 Å². The standard InChI is InChI=1S/C20H14ClN3O4/c1-11-18(24-8-2-3-13(21)19(24)22-11)23-20(25)16-7-6-14(28-16)12-4-5-15-17(9-12)27-10-26-15/h2-9H,10H2,1H3,(H,23,25). The Morgan fingerprint density at radius 3 is 2.93 bits per heavy atom. The first-order valence-corrected chi connectivity index (χ1v) is 8.92. The van der Waals surface area contributed by atoms with Gasteiger partial charge in [0, 0.05) is 11.8 Å². The summed E-state index contributed by atoms with van der Waals surface area (Å²) in [7, 11) is 0. The van der Waals surface area contributed by atoms with E-state index in [1.54, 1.807) is 41.8 Å². The summed E-state index contributed by atoms with van der Waals surface area (Å²) in [4.78, 5) is 17.1. The van der Waals surface area contributed by atoms with Gasteiger partial charge in [-0.15, -0.1) is 0 Å². The average Bonchev–Trinajstić information content (AvgIpc) is 3.41. The van der Waals surface area contributed by atoms with E-state index in [1.807, 2.05) is 18.2 Å². The predicted octanol–water partition coefficient (Wildman–Crippen LogP) is 4.54. The number of rotatable bonds is 3. The van der Waals surface area contributed by atoms with Crippen LogP contribution in [0.2, 0.25) is 5.02 Å². The molecule has 0 saturated heterocycles. The summed E-state index contributed by atoms with van der Waals surface area (Å²) in [5.74, 6) is 2.25. The van der Waals surface area contributed by atoms with Crippen LogP contribution < -0.4 is 14.8 Å². The van der Waals surface area contributed by atoms with E-state index < -0.39 is 0 Å². The molecule has 1 N–H and O–H groups in total. The number of anilines is 1. The van der Waals surface area contributed by atoms with E-state index in [1.165, 1.54) is 0 Å².